The van der Waals surface area contributed by atoms with Crippen LogP contribution in [0.3, 0.4) is 0 Å². The second-order valence-corrected chi connectivity index (χ2v) is 7.68. The number of aromatic nitrogens is 3. The summed E-state index contributed by atoms with van der Waals surface area (Å²) in [5, 5.41) is 7.87. The molecule has 2 aromatic heterocycles. The van der Waals surface area contributed by atoms with Crippen LogP contribution >= 0.6 is 23.1 Å². The van der Waals surface area contributed by atoms with Gasteiger partial charge in [-0.25, -0.2) is 4.98 Å². The summed E-state index contributed by atoms with van der Waals surface area (Å²) in [6.07, 6.45) is 4.93. The summed E-state index contributed by atoms with van der Waals surface area (Å²) in [6.45, 7) is 3.25. The molecule has 3 heterocycles. The van der Waals surface area contributed by atoms with Crippen molar-refractivity contribution >= 4 is 23.1 Å². The van der Waals surface area contributed by atoms with Gasteiger partial charge >= 0.3 is 0 Å². The van der Waals surface area contributed by atoms with Gasteiger partial charge in [-0.05, 0) is 36.8 Å². The molecular weight excluding hydrogens is 300 g/mol. The number of aryl methyl sites for hydroxylation is 2. The average Bonchev–Trinajstić information content (AvgIpc) is 3.09. The molecule has 0 spiro atoms. The Labute approximate surface area is 134 Å². The molecule has 1 N–H and O–H groups in total. The van der Waals surface area contributed by atoms with Crippen molar-refractivity contribution in [3.05, 3.63) is 33.5 Å². The van der Waals surface area contributed by atoms with Crippen LogP contribution in [-0.4, -0.2) is 27.1 Å². The monoisotopic (exact) mass is 322 g/mol. The van der Waals surface area contributed by atoms with Gasteiger partial charge in [-0.15, -0.1) is 11.3 Å². The minimum atomic E-state index is 0.355. The van der Waals surface area contributed by atoms with E-state index in [9.17, 15) is 0 Å². The first kappa shape index (κ1) is 15.1. The number of thiophene rings is 1. The number of rotatable bonds is 6. The zero-order chi connectivity index (χ0) is 14.7. The van der Waals surface area contributed by atoms with Crippen LogP contribution in [-0.2, 0) is 25.6 Å². The Morgan fingerprint density at radius 2 is 2.38 bits per heavy atom. The highest BCUT2D eigenvalue weighted by Crippen LogP contribution is 2.35. The molecule has 21 heavy (non-hydrogen) atoms. The summed E-state index contributed by atoms with van der Waals surface area (Å²) in [4.78, 5) is 7.43. The van der Waals surface area contributed by atoms with Gasteiger partial charge in [0.2, 0.25) is 0 Å². The van der Waals surface area contributed by atoms with Gasteiger partial charge in [0, 0.05) is 35.0 Å². The predicted octanol–water partition coefficient (Wildman–Crippen LogP) is 2.95. The summed E-state index contributed by atoms with van der Waals surface area (Å²) in [5.41, 5.74) is 1.55. The number of thioether (sulfide) groups is 1. The maximum atomic E-state index is 4.38. The smallest absolute Gasteiger partial charge is 0.138 e. The van der Waals surface area contributed by atoms with Gasteiger partial charge in [-0.3, -0.25) is 4.68 Å². The highest BCUT2D eigenvalue weighted by Gasteiger charge is 2.20. The lowest BCUT2D eigenvalue weighted by molar-refractivity contribution is 0.513. The molecule has 0 amide bonds. The Hall–Kier alpha value is -0.850. The Bertz CT molecular complexity index is 567. The van der Waals surface area contributed by atoms with Crippen LogP contribution in [0.5, 0.6) is 0 Å². The van der Waals surface area contributed by atoms with Crippen LogP contribution < -0.4 is 5.32 Å². The molecule has 1 unspecified atom stereocenters. The first-order valence-electron chi connectivity index (χ1n) is 7.53. The van der Waals surface area contributed by atoms with Crippen molar-refractivity contribution in [3.63, 3.8) is 0 Å². The second kappa shape index (κ2) is 6.94. The van der Waals surface area contributed by atoms with Crippen molar-refractivity contribution in [2.45, 2.75) is 38.0 Å². The quantitative estimate of drug-likeness (QED) is 0.888. The van der Waals surface area contributed by atoms with Crippen molar-refractivity contribution in [3.8, 4) is 0 Å². The standard InChI is InChI=1S/C15H22N4S2/c1-3-5-16-12(8-15-17-10-18-19(15)2)14-7-11-9-20-6-4-13(11)21-14/h7,10,12,16H,3-6,8-9H2,1-2H3. The van der Waals surface area contributed by atoms with E-state index in [4.69, 9.17) is 0 Å². The first-order chi connectivity index (χ1) is 10.3. The third-order valence-corrected chi connectivity index (χ3v) is 6.18. The lowest BCUT2D eigenvalue weighted by atomic mass is 10.1. The maximum Gasteiger partial charge on any atom is 0.138 e. The van der Waals surface area contributed by atoms with Gasteiger partial charge < -0.3 is 5.32 Å². The van der Waals surface area contributed by atoms with E-state index in [1.54, 1.807) is 16.8 Å². The Balaban J connectivity index is 1.81. The van der Waals surface area contributed by atoms with Crippen LogP contribution in [0, 0.1) is 0 Å². The van der Waals surface area contributed by atoms with E-state index in [2.05, 4.69) is 28.4 Å². The van der Waals surface area contributed by atoms with Crippen molar-refractivity contribution < 1.29 is 0 Å². The van der Waals surface area contributed by atoms with Crippen LogP contribution in [0.4, 0.5) is 0 Å². The third kappa shape index (κ3) is 3.49. The van der Waals surface area contributed by atoms with Gasteiger partial charge in [-0.2, -0.15) is 16.9 Å². The molecule has 0 aromatic carbocycles. The van der Waals surface area contributed by atoms with Crippen LogP contribution in [0.25, 0.3) is 0 Å². The zero-order valence-corrected chi connectivity index (χ0v) is 14.3. The minimum Gasteiger partial charge on any atom is -0.309 e. The average molecular weight is 323 g/mol. The summed E-state index contributed by atoms with van der Waals surface area (Å²) in [5.74, 6) is 3.49. The fourth-order valence-electron chi connectivity index (χ4n) is 2.62. The number of nitrogens with zero attached hydrogens (tertiary/aromatic N) is 3. The van der Waals surface area contributed by atoms with Gasteiger partial charge in [0.05, 0.1) is 0 Å². The normalized spacial score (nSPS) is 15.9. The summed E-state index contributed by atoms with van der Waals surface area (Å²) < 4.78 is 1.88. The number of hydrogen-bond acceptors (Lipinski definition) is 5. The Morgan fingerprint density at radius 1 is 1.48 bits per heavy atom. The number of nitrogens with one attached hydrogen (secondary N) is 1. The molecule has 3 rings (SSSR count). The molecule has 1 aliphatic rings. The van der Waals surface area contributed by atoms with E-state index in [0.717, 1.165) is 25.2 Å². The molecule has 1 atom stereocenters. The molecule has 0 radical (unpaired) electrons. The van der Waals surface area contributed by atoms with Crippen molar-refractivity contribution in [1.82, 2.24) is 20.1 Å². The number of hydrogen-bond donors (Lipinski definition) is 1. The fraction of sp³-hybridized carbons (Fsp3) is 0.600. The van der Waals surface area contributed by atoms with Gasteiger partial charge in [0.1, 0.15) is 12.2 Å². The molecule has 0 aliphatic carbocycles. The summed E-state index contributed by atoms with van der Waals surface area (Å²) in [7, 11) is 1.97. The van der Waals surface area contributed by atoms with Crippen LogP contribution in [0.1, 0.15) is 40.5 Å². The van der Waals surface area contributed by atoms with Gasteiger partial charge in [-0.1, -0.05) is 6.92 Å². The Morgan fingerprint density at radius 3 is 3.10 bits per heavy atom. The molecule has 114 valence electrons. The first-order valence-corrected chi connectivity index (χ1v) is 9.50. The molecule has 0 bridgehead atoms. The molecule has 2 aromatic rings. The molecule has 1 aliphatic heterocycles. The maximum absolute atomic E-state index is 4.38. The largest absolute Gasteiger partial charge is 0.309 e. The van der Waals surface area contributed by atoms with E-state index >= 15 is 0 Å². The lowest BCUT2D eigenvalue weighted by Crippen LogP contribution is -2.24. The van der Waals surface area contributed by atoms with Crippen molar-refractivity contribution in [1.29, 1.82) is 0 Å². The fourth-order valence-corrected chi connectivity index (χ4v) is 5.07. The zero-order valence-electron chi connectivity index (χ0n) is 12.6. The summed E-state index contributed by atoms with van der Waals surface area (Å²) >= 11 is 4.04. The van der Waals surface area contributed by atoms with Crippen LogP contribution in [0.15, 0.2) is 12.4 Å². The van der Waals surface area contributed by atoms with E-state index in [0.29, 0.717) is 6.04 Å². The van der Waals surface area contributed by atoms with Crippen molar-refractivity contribution in [2.24, 2.45) is 7.05 Å². The topological polar surface area (TPSA) is 42.7 Å². The van der Waals surface area contributed by atoms with Gasteiger partial charge in [0.25, 0.3) is 0 Å². The Kier molecular flexibility index (Phi) is 4.98. The van der Waals surface area contributed by atoms with E-state index in [1.807, 2.05) is 34.8 Å². The molecule has 0 saturated carbocycles. The van der Waals surface area contributed by atoms with E-state index in [-0.39, 0.29) is 0 Å². The third-order valence-electron chi connectivity index (χ3n) is 3.82. The van der Waals surface area contributed by atoms with Crippen LogP contribution in [0.2, 0.25) is 0 Å². The SMILES string of the molecule is CCCNC(Cc1ncnn1C)c1cc2c(s1)CCSC2. The highest BCUT2D eigenvalue weighted by atomic mass is 32.2. The molecular formula is C15H22N4S2. The minimum absolute atomic E-state index is 0.355. The van der Waals surface area contributed by atoms with Gasteiger partial charge in [0.15, 0.2) is 0 Å². The number of fused-ring (bicyclic) bond motifs is 1. The lowest BCUT2D eigenvalue weighted by Gasteiger charge is -2.16. The molecule has 0 saturated heterocycles. The van der Waals surface area contributed by atoms with E-state index < -0.39 is 0 Å². The summed E-state index contributed by atoms with van der Waals surface area (Å²) in [6, 6.07) is 2.77. The second-order valence-electron chi connectivity index (χ2n) is 5.41. The molecule has 0 fully saturated rings. The molecule has 4 nitrogen and oxygen atoms in total. The van der Waals surface area contributed by atoms with Crippen molar-refractivity contribution in [2.75, 3.05) is 12.3 Å². The van der Waals surface area contributed by atoms with E-state index in [1.165, 1.54) is 22.8 Å². The predicted molar refractivity (Wildman–Crippen MR) is 89.9 cm³/mol. The highest BCUT2D eigenvalue weighted by molar-refractivity contribution is 7.98. The molecule has 6 heteroatoms.